The summed E-state index contributed by atoms with van der Waals surface area (Å²) >= 11 is 4.86. The highest BCUT2D eigenvalue weighted by Gasteiger charge is 2.16. The molecule has 0 saturated heterocycles. The number of hydrogen-bond donors (Lipinski definition) is 2. The van der Waals surface area contributed by atoms with Gasteiger partial charge < -0.3 is 11.1 Å². The monoisotopic (exact) mass is 340 g/mol. The Hall–Kier alpha value is -1.07. The van der Waals surface area contributed by atoms with Crippen molar-refractivity contribution in [3.8, 4) is 0 Å². The zero-order chi connectivity index (χ0) is 14.0. The van der Waals surface area contributed by atoms with Crippen molar-refractivity contribution in [1.29, 1.82) is 0 Å². The van der Waals surface area contributed by atoms with Crippen LogP contribution in [0.3, 0.4) is 0 Å². The van der Waals surface area contributed by atoms with Crippen LogP contribution in [0.1, 0.15) is 29.9 Å². The quantitative estimate of drug-likeness (QED) is 0.882. The van der Waals surface area contributed by atoms with Gasteiger partial charge in [-0.2, -0.15) is 0 Å². The average Bonchev–Trinajstić information content (AvgIpc) is 2.66. The van der Waals surface area contributed by atoms with Gasteiger partial charge in [-0.15, -0.1) is 11.3 Å². The van der Waals surface area contributed by atoms with Crippen LogP contribution in [0.4, 0.5) is 5.69 Å². The molecule has 0 spiro atoms. The summed E-state index contributed by atoms with van der Waals surface area (Å²) < 4.78 is 2.01. The van der Waals surface area contributed by atoms with E-state index in [4.69, 9.17) is 5.73 Å². The first-order chi connectivity index (χ1) is 8.99. The second kappa shape index (κ2) is 5.92. The molecule has 0 aliphatic heterocycles. The van der Waals surface area contributed by atoms with Gasteiger partial charge in [0.05, 0.1) is 5.69 Å². The summed E-state index contributed by atoms with van der Waals surface area (Å²) in [6, 6.07) is 5.89. The summed E-state index contributed by atoms with van der Waals surface area (Å²) in [4.78, 5) is 12.7. The van der Waals surface area contributed by atoms with E-state index in [-0.39, 0.29) is 5.91 Å². The molecule has 0 fully saturated rings. The summed E-state index contributed by atoms with van der Waals surface area (Å²) in [5.74, 6) is 0.506. The van der Waals surface area contributed by atoms with E-state index in [0.717, 1.165) is 21.0 Å². The average molecular weight is 341 g/mol. The Bertz CT molecular complexity index is 607. The van der Waals surface area contributed by atoms with Crippen molar-refractivity contribution < 1.29 is 4.79 Å². The van der Waals surface area contributed by atoms with Crippen LogP contribution in [0.2, 0.25) is 0 Å². The van der Waals surface area contributed by atoms with Gasteiger partial charge in [0.15, 0.2) is 0 Å². The fourth-order valence-corrected chi connectivity index (χ4v) is 3.19. The van der Waals surface area contributed by atoms with Crippen LogP contribution < -0.4 is 11.1 Å². The molecule has 1 amide bonds. The molecule has 1 aromatic heterocycles. The minimum Gasteiger partial charge on any atom is -0.397 e. The minimum atomic E-state index is -0.0736. The van der Waals surface area contributed by atoms with Crippen LogP contribution in [0, 0.1) is 5.92 Å². The lowest BCUT2D eigenvalue weighted by atomic mass is 10.1. The minimum absolute atomic E-state index is 0.0736. The predicted octanol–water partition coefficient (Wildman–Crippen LogP) is 4.02. The Morgan fingerprint density at radius 1 is 1.47 bits per heavy atom. The molecule has 0 aliphatic carbocycles. The van der Waals surface area contributed by atoms with E-state index in [1.54, 1.807) is 0 Å². The van der Waals surface area contributed by atoms with Crippen molar-refractivity contribution >= 4 is 48.9 Å². The Labute approximate surface area is 125 Å². The largest absolute Gasteiger partial charge is 0.397 e. The first-order valence-corrected chi connectivity index (χ1v) is 7.85. The number of hydrogen-bond acceptors (Lipinski definition) is 3. The van der Waals surface area contributed by atoms with Gasteiger partial charge in [-0.25, -0.2) is 0 Å². The van der Waals surface area contributed by atoms with E-state index >= 15 is 0 Å². The highest BCUT2D eigenvalue weighted by Crippen LogP contribution is 2.35. The molecule has 0 aliphatic rings. The maximum Gasteiger partial charge on any atom is 0.263 e. The van der Waals surface area contributed by atoms with Crippen LogP contribution >= 0.6 is 27.3 Å². The van der Waals surface area contributed by atoms with E-state index < -0.39 is 0 Å². The molecule has 1 heterocycles. The van der Waals surface area contributed by atoms with E-state index in [0.29, 0.717) is 23.0 Å². The molecular weight excluding hydrogens is 324 g/mol. The molecule has 0 saturated carbocycles. The highest BCUT2D eigenvalue weighted by molar-refractivity contribution is 9.10. The number of thiophene rings is 1. The third kappa shape index (κ3) is 3.28. The number of benzene rings is 1. The van der Waals surface area contributed by atoms with E-state index in [1.165, 1.54) is 11.3 Å². The molecule has 1 aromatic carbocycles. The first kappa shape index (κ1) is 14.3. The van der Waals surface area contributed by atoms with E-state index in [9.17, 15) is 4.79 Å². The van der Waals surface area contributed by atoms with E-state index in [1.807, 2.05) is 18.2 Å². The van der Waals surface area contributed by atoms with Crippen molar-refractivity contribution in [3.05, 3.63) is 27.5 Å². The van der Waals surface area contributed by atoms with Crippen LogP contribution in [-0.4, -0.2) is 12.5 Å². The van der Waals surface area contributed by atoms with Gasteiger partial charge in [-0.3, -0.25) is 4.79 Å². The van der Waals surface area contributed by atoms with E-state index in [2.05, 4.69) is 35.1 Å². The van der Waals surface area contributed by atoms with Crippen molar-refractivity contribution in [2.24, 2.45) is 5.92 Å². The van der Waals surface area contributed by atoms with Crippen LogP contribution in [-0.2, 0) is 0 Å². The maximum atomic E-state index is 12.1. The van der Waals surface area contributed by atoms with Crippen molar-refractivity contribution in [2.45, 2.75) is 20.3 Å². The van der Waals surface area contributed by atoms with Gasteiger partial charge in [-0.05, 0) is 30.5 Å². The van der Waals surface area contributed by atoms with Gasteiger partial charge in [0, 0.05) is 21.1 Å². The topological polar surface area (TPSA) is 55.1 Å². The lowest BCUT2D eigenvalue weighted by Gasteiger charge is -2.06. The third-order valence-corrected chi connectivity index (χ3v) is 4.58. The molecule has 2 rings (SSSR count). The number of rotatable bonds is 4. The molecule has 19 heavy (non-hydrogen) atoms. The fraction of sp³-hybridized carbons (Fsp3) is 0.357. The lowest BCUT2D eigenvalue weighted by molar-refractivity contribution is 0.0957. The molecule has 0 bridgehead atoms. The summed E-state index contributed by atoms with van der Waals surface area (Å²) in [6.07, 6.45) is 0.974. The molecule has 0 unspecified atom stereocenters. The number of carbonyl (C=O) groups excluding carboxylic acids is 1. The second-order valence-electron chi connectivity index (χ2n) is 4.92. The van der Waals surface area contributed by atoms with Gasteiger partial charge >= 0.3 is 0 Å². The van der Waals surface area contributed by atoms with Crippen LogP contribution in [0.25, 0.3) is 10.1 Å². The Morgan fingerprint density at radius 2 is 2.21 bits per heavy atom. The second-order valence-corrected chi connectivity index (χ2v) is 6.89. The summed E-state index contributed by atoms with van der Waals surface area (Å²) in [7, 11) is 0. The number of carbonyl (C=O) groups is 1. The fourth-order valence-electron chi connectivity index (χ4n) is 1.81. The molecule has 3 nitrogen and oxygen atoms in total. The zero-order valence-electron chi connectivity index (χ0n) is 11.0. The predicted molar refractivity (Wildman–Crippen MR) is 85.7 cm³/mol. The summed E-state index contributed by atoms with van der Waals surface area (Å²) in [5.41, 5.74) is 6.64. The molecule has 0 atom stereocenters. The van der Waals surface area contributed by atoms with Crippen molar-refractivity contribution in [1.82, 2.24) is 5.32 Å². The van der Waals surface area contributed by atoms with Gasteiger partial charge in [0.1, 0.15) is 4.88 Å². The molecular formula is C14H17BrN2OS. The molecule has 102 valence electrons. The number of amides is 1. The zero-order valence-corrected chi connectivity index (χ0v) is 13.4. The lowest BCUT2D eigenvalue weighted by Crippen LogP contribution is -2.25. The Kier molecular flexibility index (Phi) is 4.47. The number of halogens is 1. The number of fused-ring (bicyclic) bond motifs is 1. The third-order valence-electron chi connectivity index (χ3n) is 2.90. The van der Waals surface area contributed by atoms with Crippen LogP contribution in [0.5, 0.6) is 0 Å². The standard InChI is InChI=1S/C14H17BrN2OS/c1-8(2)5-6-17-14(18)13-12(16)10-7-9(15)3-4-11(10)19-13/h3-4,7-8H,5-6,16H2,1-2H3,(H,17,18). The first-order valence-electron chi connectivity index (χ1n) is 6.24. The molecule has 0 radical (unpaired) electrons. The van der Waals surface area contributed by atoms with Gasteiger partial charge in [-0.1, -0.05) is 29.8 Å². The number of anilines is 1. The molecule has 3 N–H and O–H groups in total. The van der Waals surface area contributed by atoms with Gasteiger partial charge in [0.2, 0.25) is 0 Å². The number of nitrogens with two attached hydrogens (primary N) is 1. The van der Waals surface area contributed by atoms with Crippen molar-refractivity contribution in [2.75, 3.05) is 12.3 Å². The Morgan fingerprint density at radius 3 is 2.89 bits per heavy atom. The maximum absolute atomic E-state index is 12.1. The molecule has 2 aromatic rings. The van der Waals surface area contributed by atoms with Crippen molar-refractivity contribution in [3.63, 3.8) is 0 Å². The smallest absolute Gasteiger partial charge is 0.263 e. The number of nitrogens with one attached hydrogen (secondary N) is 1. The number of nitrogen functional groups attached to an aromatic ring is 1. The van der Waals surface area contributed by atoms with Crippen LogP contribution in [0.15, 0.2) is 22.7 Å². The molecule has 5 heteroatoms. The van der Waals surface area contributed by atoms with Gasteiger partial charge in [0.25, 0.3) is 5.91 Å². The normalized spacial score (nSPS) is 11.2. The SMILES string of the molecule is CC(C)CCNC(=O)c1sc2ccc(Br)cc2c1N. The Balaban J connectivity index is 2.20. The summed E-state index contributed by atoms with van der Waals surface area (Å²) in [5, 5.41) is 3.86. The summed E-state index contributed by atoms with van der Waals surface area (Å²) in [6.45, 7) is 4.96. The highest BCUT2D eigenvalue weighted by atomic mass is 79.9.